The number of nitrogens with zero attached hydrogens (tertiary/aromatic N) is 1. The molecule has 0 spiro atoms. The molecule has 0 aromatic carbocycles. The van der Waals surface area contributed by atoms with Crippen LogP contribution in [-0.4, -0.2) is 185 Å². The van der Waals surface area contributed by atoms with Crippen molar-refractivity contribution < 1.29 is 73.4 Å². The molecule has 0 aliphatic rings. The van der Waals surface area contributed by atoms with Gasteiger partial charge in [-0.25, -0.2) is 0 Å². The molecular weight excluding hydrogens is 614 g/mol. The van der Waals surface area contributed by atoms with Gasteiger partial charge in [0.2, 0.25) is 0 Å². The van der Waals surface area contributed by atoms with E-state index in [-0.39, 0.29) is 58.5 Å². The second-order valence-corrected chi connectivity index (χ2v) is 9.33. The van der Waals surface area contributed by atoms with Gasteiger partial charge < -0.3 is 68.6 Å². The number of carbonyl (C=O) groups is 3. The summed E-state index contributed by atoms with van der Waals surface area (Å²) in [5, 5.41) is 56.4. The molecule has 0 aliphatic carbocycles. The Balaban J connectivity index is -0.00000443. The minimum absolute atomic E-state index is 0.0466. The molecule has 0 bridgehead atoms. The van der Waals surface area contributed by atoms with Crippen molar-refractivity contribution in [1.29, 1.82) is 0 Å². The monoisotopic (exact) mass is 675 g/mol. The number of rotatable bonds is 33. The average Bonchev–Trinajstić information content (AvgIpc) is 3.06. The Kier molecular flexibility index (Phi) is 41.8. The molecule has 0 saturated carbocycles. The number of aliphatic carboxylic acids is 1. The molecule has 0 saturated heterocycles. The first-order chi connectivity index (χ1) is 22.3. The van der Waals surface area contributed by atoms with Crippen LogP contribution in [0, 0.1) is 0 Å². The van der Waals surface area contributed by atoms with Crippen molar-refractivity contribution >= 4 is 18.5 Å². The largest absolute Gasteiger partial charge is 0.481 e. The van der Waals surface area contributed by atoms with Crippen molar-refractivity contribution in [3.63, 3.8) is 0 Å². The Hall–Kier alpha value is -1.67. The highest BCUT2D eigenvalue weighted by molar-refractivity contribution is 5.66. The summed E-state index contributed by atoms with van der Waals surface area (Å²) in [7, 11) is 1.00. The Labute approximate surface area is 273 Å². The van der Waals surface area contributed by atoms with E-state index in [9.17, 15) is 34.8 Å². The van der Waals surface area contributed by atoms with Gasteiger partial charge in [0.25, 0.3) is 0 Å². The lowest BCUT2D eigenvalue weighted by atomic mass is 10.1. The Morgan fingerprint density at radius 2 is 0.913 bits per heavy atom. The van der Waals surface area contributed by atoms with Gasteiger partial charge in [0.05, 0.1) is 104 Å². The van der Waals surface area contributed by atoms with Crippen molar-refractivity contribution in [1.82, 2.24) is 4.90 Å². The number of carboxylic acids is 1. The molecule has 0 aromatic rings. The van der Waals surface area contributed by atoms with Gasteiger partial charge in [-0.1, -0.05) is 13.8 Å². The fraction of sp³-hybridized carbons (Fsp3) is 0.900. The molecular formula is C30H61NO15. The predicted molar refractivity (Wildman–Crippen MR) is 168 cm³/mol. The Morgan fingerprint density at radius 3 is 1.28 bits per heavy atom. The highest BCUT2D eigenvalue weighted by Crippen LogP contribution is 2.09. The summed E-state index contributed by atoms with van der Waals surface area (Å²) in [6, 6.07) is 0. The van der Waals surface area contributed by atoms with Gasteiger partial charge in [-0.3, -0.25) is 9.69 Å². The van der Waals surface area contributed by atoms with E-state index in [1.807, 2.05) is 13.8 Å². The molecule has 0 aliphatic heterocycles. The van der Waals surface area contributed by atoms with Crippen LogP contribution >= 0.6 is 0 Å². The minimum atomic E-state index is -1.27. The number of carbonyl (C=O) groups excluding carboxylic acids is 2. The van der Waals surface area contributed by atoms with Crippen LogP contribution < -0.4 is 0 Å². The van der Waals surface area contributed by atoms with Gasteiger partial charge in [0.15, 0.2) is 0 Å². The van der Waals surface area contributed by atoms with Crippen LogP contribution in [0.2, 0.25) is 0 Å². The molecule has 46 heavy (non-hydrogen) atoms. The average molecular weight is 676 g/mol. The summed E-state index contributed by atoms with van der Waals surface area (Å²) in [6.45, 7) is 8.70. The Morgan fingerprint density at radius 1 is 0.565 bits per heavy atom. The number of hydrogen-bond donors (Lipinski definition) is 6. The molecule has 16 nitrogen and oxygen atoms in total. The molecule has 4 atom stereocenters. The van der Waals surface area contributed by atoms with Crippen LogP contribution in [0.1, 0.15) is 46.0 Å². The van der Waals surface area contributed by atoms with Crippen LogP contribution in [0.3, 0.4) is 0 Å². The minimum Gasteiger partial charge on any atom is -0.481 e. The quantitative estimate of drug-likeness (QED) is 0.0358. The van der Waals surface area contributed by atoms with Gasteiger partial charge in [0.1, 0.15) is 12.6 Å². The highest BCUT2D eigenvalue weighted by atomic mass is 16.6. The third-order valence-electron chi connectivity index (χ3n) is 5.81. The van der Waals surface area contributed by atoms with E-state index < -0.39 is 30.4 Å². The van der Waals surface area contributed by atoms with E-state index in [1.54, 1.807) is 4.90 Å². The van der Waals surface area contributed by atoms with Gasteiger partial charge >= 0.3 is 5.97 Å². The predicted octanol–water partition coefficient (Wildman–Crippen LogP) is -1.10. The third-order valence-corrected chi connectivity index (χ3v) is 5.81. The van der Waals surface area contributed by atoms with E-state index in [0.29, 0.717) is 78.8 Å². The van der Waals surface area contributed by atoms with Crippen LogP contribution in [0.15, 0.2) is 0 Å². The van der Waals surface area contributed by atoms with Crippen molar-refractivity contribution in [2.24, 2.45) is 0 Å². The van der Waals surface area contributed by atoms with E-state index >= 15 is 0 Å². The first-order valence-corrected chi connectivity index (χ1v) is 15.8. The number of carboxylic acid groups (broad SMARTS) is 1. The van der Waals surface area contributed by atoms with E-state index in [4.69, 9.17) is 38.6 Å². The molecule has 0 radical (unpaired) electrons. The zero-order valence-corrected chi connectivity index (χ0v) is 27.9. The summed E-state index contributed by atoms with van der Waals surface area (Å²) in [5.74, 6) is -1.09. The second kappa shape index (κ2) is 39.5. The van der Waals surface area contributed by atoms with Crippen LogP contribution in [-0.2, 0) is 42.8 Å². The topological polar surface area (TPSA) is 231 Å². The van der Waals surface area contributed by atoms with Crippen LogP contribution in [0.5, 0.6) is 0 Å². The van der Waals surface area contributed by atoms with Gasteiger partial charge in [-0.05, 0) is 12.8 Å². The highest BCUT2D eigenvalue weighted by Gasteiger charge is 2.24. The van der Waals surface area contributed by atoms with E-state index in [2.05, 4.69) is 0 Å². The summed E-state index contributed by atoms with van der Waals surface area (Å²) >= 11 is 0. The standard InChI is InChI=1S/C27H51NO14.C2H6.CH4O/c29-7-1-3-23(31)25(33)21-28(22-26(34)24(32)4-5-27(35)36)6-10-38-12-14-40-16-18-42-20-19-41-17-15-39-13-11-37-9-2-8-30;2*1-2/h7-8,23-26,31-34H,1-6,9-22H2,(H,35,36);1-2H3;2H,1H3. The van der Waals surface area contributed by atoms with E-state index in [0.717, 1.165) is 13.4 Å². The van der Waals surface area contributed by atoms with Crippen LogP contribution in [0.25, 0.3) is 0 Å². The fourth-order valence-electron chi connectivity index (χ4n) is 3.45. The smallest absolute Gasteiger partial charge is 0.303 e. The Bertz CT molecular complexity index is 647. The van der Waals surface area contributed by atoms with Gasteiger partial charge in [-0.2, -0.15) is 0 Å². The molecule has 4 unspecified atom stereocenters. The van der Waals surface area contributed by atoms with Crippen molar-refractivity contribution in [2.45, 2.75) is 70.4 Å². The summed E-state index contributed by atoms with van der Waals surface area (Å²) in [6.07, 6.45) is -3.28. The second-order valence-electron chi connectivity index (χ2n) is 9.33. The molecule has 6 N–H and O–H groups in total. The number of aliphatic hydroxyl groups is 5. The lowest BCUT2D eigenvalue weighted by Gasteiger charge is -2.30. The number of hydrogen-bond acceptors (Lipinski definition) is 15. The lowest BCUT2D eigenvalue weighted by molar-refractivity contribution is -0.138. The maximum absolute atomic E-state index is 10.7. The number of ether oxygens (including phenoxy) is 6. The SMILES string of the molecule is CC.CO.O=CCCOCCOCCOCCOCCOCCOCCN(CC(O)C(O)CCC=O)CC(O)C(O)CCC(=O)O. The fourth-order valence-corrected chi connectivity index (χ4v) is 3.45. The normalized spacial score (nSPS) is 13.5. The zero-order valence-electron chi connectivity index (χ0n) is 27.9. The first-order valence-electron chi connectivity index (χ1n) is 15.8. The summed E-state index contributed by atoms with van der Waals surface area (Å²) in [4.78, 5) is 33.0. The van der Waals surface area contributed by atoms with Crippen LogP contribution in [0.4, 0.5) is 0 Å². The number of aliphatic hydroxyl groups excluding tert-OH is 5. The molecule has 0 rings (SSSR count). The van der Waals surface area contributed by atoms with Crippen molar-refractivity contribution in [2.75, 3.05) is 106 Å². The maximum atomic E-state index is 10.7. The number of aldehydes is 2. The van der Waals surface area contributed by atoms with E-state index in [1.165, 1.54) is 0 Å². The third kappa shape index (κ3) is 35.2. The first kappa shape index (κ1) is 48.7. The summed E-state index contributed by atoms with van der Waals surface area (Å²) in [5.41, 5.74) is 0. The summed E-state index contributed by atoms with van der Waals surface area (Å²) < 4.78 is 32.3. The molecule has 0 heterocycles. The van der Waals surface area contributed by atoms with Gasteiger partial charge in [0, 0.05) is 46.0 Å². The molecule has 0 amide bonds. The molecule has 0 fully saturated rings. The zero-order chi connectivity index (χ0) is 35.3. The lowest BCUT2D eigenvalue weighted by Crippen LogP contribution is -2.46. The molecule has 276 valence electrons. The molecule has 0 aromatic heterocycles. The molecule has 16 heteroatoms. The maximum Gasteiger partial charge on any atom is 0.303 e. The van der Waals surface area contributed by atoms with Gasteiger partial charge in [-0.15, -0.1) is 0 Å². The van der Waals surface area contributed by atoms with Crippen molar-refractivity contribution in [3.05, 3.63) is 0 Å². The van der Waals surface area contributed by atoms with Crippen molar-refractivity contribution in [3.8, 4) is 0 Å².